The van der Waals surface area contributed by atoms with E-state index in [2.05, 4.69) is 19.2 Å². The van der Waals surface area contributed by atoms with E-state index in [-0.39, 0.29) is 17.5 Å². The molecule has 1 aliphatic heterocycles. The van der Waals surface area contributed by atoms with Gasteiger partial charge in [0, 0.05) is 12.6 Å². The summed E-state index contributed by atoms with van der Waals surface area (Å²) in [6, 6.07) is 0.503. The zero-order chi connectivity index (χ0) is 11.6. The van der Waals surface area contributed by atoms with E-state index in [9.17, 15) is 4.79 Å². The van der Waals surface area contributed by atoms with E-state index >= 15 is 0 Å². The van der Waals surface area contributed by atoms with Crippen molar-refractivity contribution in [2.75, 3.05) is 6.54 Å². The summed E-state index contributed by atoms with van der Waals surface area (Å²) >= 11 is 0. The summed E-state index contributed by atoms with van der Waals surface area (Å²) in [7, 11) is 0. The first kappa shape index (κ1) is 12.5. The van der Waals surface area contributed by atoms with Crippen LogP contribution >= 0.6 is 0 Å². The standard InChI is InChI=1S/C12H23NO2/c1-8-6-10(7-13-9(8)2)11(14)15-12(3,4)5/h8-10,13H,6-7H2,1-5H3/t8-,9-,10+/m1/s1. The van der Waals surface area contributed by atoms with E-state index in [0.717, 1.165) is 13.0 Å². The molecular weight excluding hydrogens is 190 g/mol. The Morgan fingerprint density at radius 1 is 1.33 bits per heavy atom. The second kappa shape index (κ2) is 4.52. The average molecular weight is 213 g/mol. The van der Waals surface area contributed by atoms with Crippen molar-refractivity contribution >= 4 is 5.97 Å². The summed E-state index contributed by atoms with van der Waals surface area (Å²) in [4.78, 5) is 11.8. The molecule has 0 aromatic carbocycles. The third-order valence-electron chi connectivity index (χ3n) is 2.94. The lowest BCUT2D eigenvalue weighted by Gasteiger charge is -2.33. The third kappa shape index (κ3) is 3.82. The smallest absolute Gasteiger partial charge is 0.310 e. The molecule has 1 N–H and O–H groups in total. The molecule has 15 heavy (non-hydrogen) atoms. The summed E-state index contributed by atoms with van der Waals surface area (Å²) in [5.74, 6) is 0.500. The Labute approximate surface area is 92.6 Å². The Balaban J connectivity index is 2.48. The molecule has 1 heterocycles. The van der Waals surface area contributed by atoms with Crippen molar-refractivity contribution in [3.63, 3.8) is 0 Å². The minimum Gasteiger partial charge on any atom is -0.460 e. The predicted octanol–water partition coefficient (Wildman–Crippen LogP) is 1.96. The summed E-state index contributed by atoms with van der Waals surface area (Å²) in [6.45, 7) is 10.8. The fraction of sp³-hybridized carbons (Fsp3) is 0.917. The second-order valence-corrected chi connectivity index (χ2v) is 5.64. The minimum atomic E-state index is -0.372. The molecule has 3 atom stereocenters. The highest BCUT2D eigenvalue weighted by Gasteiger charge is 2.31. The molecule has 3 nitrogen and oxygen atoms in total. The molecule has 0 unspecified atom stereocenters. The van der Waals surface area contributed by atoms with Crippen molar-refractivity contribution in [1.82, 2.24) is 5.32 Å². The van der Waals surface area contributed by atoms with Crippen molar-refractivity contribution in [2.24, 2.45) is 11.8 Å². The normalized spacial score (nSPS) is 32.5. The minimum absolute atomic E-state index is 0.0235. The molecule has 0 aromatic heterocycles. The van der Waals surface area contributed by atoms with Gasteiger partial charge in [-0.15, -0.1) is 0 Å². The Hall–Kier alpha value is -0.570. The number of hydrogen-bond acceptors (Lipinski definition) is 3. The van der Waals surface area contributed by atoms with Gasteiger partial charge >= 0.3 is 5.97 Å². The van der Waals surface area contributed by atoms with Crippen molar-refractivity contribution < 1.29 is 9.53 Å². The van der Waals surface area contributed by atoms with E-state index in [1.165, 1.54) is 0 Å². The number of hydrogen-bond donors (Lipinski definition) is 1. The largest absolute Gasteiger partial charge is 0.460 e. The highest BCUT2D eigenvalue weighted by molar-refractivity contribution is 5.73. The van der Waals surface area contributed by atoms with Crippen LogP contribution in [0, 0.1) is 11.8 Å². The van der Waals surface area contributed by atoms with E-state index in [4.69, 9.17) is 4.74 Å². The number of carbonyl (C=O) groups excluding carboxylic acids is 1. The van der Waals surface area contributed by atoms with Crippen LogP contribution < -0.4 is 5.32 Å². The van der Waals surface area contributed by atoms with Crippen LogP contribution in [0.1, 0.15) is 41.0 Å². The first-order valence-corrected chi connectivity index (χ1v) is 5.76. The monoisotopic (exact) mass is 213 g/mol. The van der Waals surface area contributed by atoms with Crippen LogP contribution in [0.25, 0.3) is 0 Å². The molecule has 0 spiro atoms. The topological polar surface area (TPSA) is 38.3 Å². The van der Waals surface area contributed by atoms with Crippen LogP contribution in [0.3, 0.4) is 0 Å². The number of nitrogens with one attached hydrogen (secondary N) is 1. The molecule has 1 saturated heterocycles. The maximum absolute atomic E-state index is 11.8. The van der Waals surface area contributed by atoms with Crippen molar-refractivity contribution in [1.29, 1.82) is 0 Å². The molecule has 0 amide bonds. The highest BCUT2D eigenvalue weighted by Crippen LogP contribution is 2.23. The molecule has 0 saturated carbocycles. The van der Waals surface area contributed by atoms with Crippen LogP contribution in [0.5, 0.6) is 0 Å². The Morgan fingerprint density at radius 2 is 1.93 bits per heavy atom. The van der Waals surface area contributed by atoms with Gasteiger partial charge in [-0.1, -0.05) is 6.92 Å². The fourth-order valence-corrected chi connectivity index (χ4v) is 1.83. The SMILES string of the molecule is C[C@@H]1C[C@H](C(=O)OC(C)(C)C)CN[C@@H]1C. The maximum Gasteiger partial charge on any atom is 0.310 e. The van der Waals surface area contributed by atoms with Crippen LogP contribution in [-0.4, -0.2) is 24.2 Å². The molecule has 0 bridgehead atoms. The van der Waals surface area contributed by atoms with Crippen LogP contribution in [-0.2, 0) is 9.53 Å². The highest BCUT2D eigenvalue weighted by atomic mass is 16.6. The fourth-order valence-electron chi connectivity index (χ4n) is 1.83. The Kier molecular flexibility index (Phi) is 3.77. The number of carbonyl (C=O) groups is 1. The zero-order valence-corrected chi connectivity index (χ0v) is 10.5. The Morgan fingerprint density at radius 3 is 2.40 bits per heavy atom. The average Bonchev–Trinajstić information content (AvgIpc) is 2.06. The molecule has 1 aliphatic rings. The molecule has 1 rings (SSSR count). The quantitative estimate of drug-likeness (QED) is 0.677. The lowest BCUT2D eigenvalue weighted by Crippen LogP contribution is -2.46. The second-order valence-electron chi connectivity index (χ2n) is 5.64. The van der Waals surface area contributed by atoms with Gasteiger partial charge in [0.15, 0.2) is 0 Å². The van der Waals surface area contributed by atoms with Crippen molar-refractivity contribution in [3.05, 3.63) is 0 Å². The summed E-state index contributed by atoms with van der Waals surface area (Å²) in [5.41, 5.74) is -0.372. The first-order valence-electron chi connectivity index (χ1n) is 5.76. The van der Waals surface area contributed by atoms with E-state index in [1.54, 1.807) is 0 Å². The molecule has 1 fully saturated rings. The van der Waals surface area contributed by atoms with Crippen LogP contribution in [0.15, 0.2) is 0 Å². The van der Waals surface area contributed by atoms with Crippen LogP contribution in [0.4, 0.5) is 0 Å². The van der Waals surface area contributed by atoms with Crippen molar-refractivity contribution in [2.45, 2.75) is 52.7 Å². The molecule has 0 radical (unpaired) electrons. The van der Waals surface area contributed by atoms with E-state index < -0.39 is 0 Å². The lowest BCUT2D eigenvalue weighted by molar-refractivity contribution is -0.161. The van der Waals surface area contributed by atoms with E-state index in [0.29, 0.717) is 12.0 Å². The van der Waals surface area contributed by atoms with Gasteiger partial charge in [0.25, 0.3) is 0 Å². The predicted molar refractivity (Wildman–Crippen MR) is 60.6 cm³/mol. The number of piperidine rings is 1. The maximum atomic E-state index is 11.8. The van der Waals surface area contributed by atoms with Gasteiger partial charge in [-0.05, 0) is 40.0 Å². The van der Waals surface area contributed by atoms with Crippen LogP contribution in [0.2, 0.25) is 0 Å². The first-order chi connectivity index (χ1) is 6.79. The molecular formula is C12H23NO2. The number of rotatable bonds is 1. The summed E-state index contributed by atoms with van der Waals surface area (Å²) in [6.07, 6.45) is 0.934. The molecule has 0 aromatic rings. The van der Waals surface area contributed by atoms with Gasteiger partial charge in [0.05, 0.1) is 5.92 Å². The van der Waals surface area contributed by atoms with Gasteiger partial charge in [0.2, 0.25) is 0 Å². The van der Waals surface area contributed by atoms with Gasteiger partial charge in [-0.25, -0.2) is 0 Å². The van der Waals surface area contributed by atoms with Gasteiger partial charge < -0.3 is 10.1 Å². The number of esters is 1. The van der Waals surface area contributed by atoms with E-state index in [1.807, 2.05) is 20.8 Å². The third-order valence-corrected chi connectivity index (χ3v) is 2.94. The summed E-state index contributed by atoms with van der Waals surface area (Å²) in [5, 5.41) is 3.35. The summed E-state index contributed by atoms with van der Waals surface area (Å²) < 4.78 is 5.38. The Bertz CT molecular complexity index is 232. The molecule has 3 heteroatoms. The lowest BCUT2D eigenvalue weighted by atomic mass is 9.86. The molecule has 88 valence electrons. The van der Waals surface area contributed by atoms with Gasteiger partial charge in [-0.3, -0.25) is 4.79 Å². The molecule has 0 aliphatic carbocycles. The zero-order valence-electron chi connectivity index (χ0n) is 10.5. The van der Waals surface area contributed by atoms with Crippen molar-refractivity contribution in [3.8, 4) is 0 Å². The number of ether oxygens (including phenoxy) is 1. The van der Waals surface area contributed by atoms with Gasteiger partial charge in [0.1, 0.15) is 5.60 Å². The van der Waals surface area contributed by atoms with Gasteiger partial charge in [-0.2, -0.15) is 0 Å².